The van der Waals surface area contributed by atoms with E-state index < -0.39 is 0 Å². The van der Waals surface area contributed by atoms with Gasteiger partial charge in [0.2, 0.25) is 0 Å². The van der Waals surface area contributed by atoms with Crippen LogP contribution in [0.3, 0.4) is 0 Å². The minimum Gasteiger partial charge on any atom is -0.458 e. The van der Waals surface area contributed by atoms with Crippen LogP contribution in [0.2, 0.25) is 0 Å². The van der Waals surface area contributed by atoms with Crippen molar-refractivity contribution in [2.24, 2.45) is 34.8 Å². The second kappa shape index (κ2) is 3.30. The maximum Gasteiger partial charge on any atom is 0.320 e. The van der Waals surface area contributed by atoms with E-state index >= 15 is 0 Å². The quantitative estimate of drug-likeness (QED) is 0.779. The number of nitrogens with two attached hydrogens (primary N) is 1. The molecule has 6 unspecified atom stereocenters. The van der Waals surface area contributed by atoms with E-state index in [1.807, 2.05) is 0 Å². The highest BCUT2D eigenvalue weighted by atomic mass is 16.6. The number of hydrogen-bond acceptors (Lipinski definition) is 3. The summed E-state index contributed by atoms with van der Waals surface area (Å²) in [5.41, 5.74) is 5.97. The first-order chi connectivity index (χ1) is 8.63. The smallest absolute Gasteiger partial charge is 0.320 e. The Bertz CT molecular complexity index is 405. The number of carbonyl (C=O) groups excluding carboxylic acids is 1. The second-order valence-corrected chi connectivity index (χ2v) is 7.19. The molecule has 5 aliphatic rings. The summed E-state index contributed by atoms with van der Waals surface area (Å²) in [7, 11) is 0. The van der Waals surface area contributed by atoms with Crippen molar-refractivity contribution in [3.63, 3.8) is 0 Å². The highest BCUT2D eigenvalue weighted by Gasteiger charge is 2.72. The molecule has 0 heterocycles. The van der Waals surface area contributed by atoms with Crippen molar-refractivity contribution >= 4 is 5.97 Å². The van der Waals surface area contributed by atoms with Crippen molar-refractivity contribution in [1.82, 2.24) is 0 Å². The van der Waals surface area contributed by atoms with Gasteiger partial charge < -0.3 is 10.5 Å². The fraction of sp³-hybridized carbons (Fsp3) is 0.933. The maximum atomic E-state index is 11.7. The van der Waals surface area contributed by atoms with Crippen LogP contribution in [0, 0.1) is 29.1 Å². The van der Waals surface area contributed by atoms with Gasteiger partial charge in [-0.1, -0.05) is 6.92 Å². The van der Waals surface area contributed by atoms with Crippen molar-refractivity contribution in [2.75, 3.05) is 6.54 Å². The Hall–Kier alpha value is -0.570. The average molecular weight is 249 g/mol. The monoisotopic (exact) mass is 249 g/mol. The predicted molar refractivity (Wildman–Crippen MR) is 67.6 cm³/mol. The lowest BCUT2D eigenvalue weighted by atomic mass is 9.43. The molecule has 3 heteroatoms. The number of esters is 1. The lowest BCUT2D eigenvalue weighted by molar-refractivity contribution is -0.207. The van der Waals surface area contributed by atoms with Crippen molar-refractivity contribution in [3.05, 3.63) is 0 Å². The first-order valence-corrected chi connectivity index (χ1v) is 7.55. The van der Waals surface area contributed by atoms with E-state index in [0.717, 1.165) is 18.3 Å². The number of ether oxygens (including phenoxy) is 1. The zero-order valence-electron chi connectivity index (χ0n) is 11.2. The summed E-state index contributed by atoms with van der Waals surface area (Å²) in [5.74, 6) is 2.95. The molecule has 6 atom stereocenters. The number of rotatable bonds is 3. The molecule has 4 bridgehead atoms. The molecule has 0 saturated heterocycles. The zero-order valence-corrected chi connectivity index (χ0v) is 11.2. The number of carbonyl (C=O) groups is 1. The summed E-state index contributed by atoms with van der Waals surface area (Å²) >= 11 is 0. The third-order valence-electron chi connectivity index (χ3n) is 6.86. The van der Waals surface area contributed by atoms with Crippen LogP contribution in [-0.4, -0.2) is 18.1 Å². The van der Waals surface area contributed by atoms with E-state index in [4.69, 9.17) is 10.5 Å². The van der Waals surface area contributed by atoms with Gasteiger partial charge in [0.1, 0.15) is 5.60 Å². The van der Waals surface area contributed by atoms with Gasteiger partial charge in [-0.3, -0.25) is 4.79 Å². The van der Waals surface area contributed by atoms with Crippen LogP contribution in [0.15, 0.2) is 0 Å². The molecule has 0 aliphatic heterocycles. The van der Waals surface area contributed by atoms with Crippen molar-refractivity contribution in [1.29, 1.82) is 0 Å². The van der Waals surface area contributed by atoms with Gasteiger partial charge >= 0.3 is 5.97 Å². The Morgan fingerprint density at radius 3 is 2.67 bits per heavy atom. The SMILES string of the molecule is CCC1(OC(=O)CN)C2CC3CC4(C2)CC1CC34. The molecule has 1 spiro atoms. The van der Waals surface area contributed by atoms with E-state index in [2.05, 4.69) is 6.92 Å². The largest absolute Gasteiger partial charge is 0.458 e. The summed E-state index contributed by atoms with van der Waals surface area (Å²) in [6, 6.07) is 0. The molecule has 0 aromatic heterocycles. The summed E-state index contributed by atoms with van der Waals surface area (Å²) in [4.78, 5) is 11.7. The zero-order chi connectivity index (χ0) is 12.5. The van der Waals surface area contributed by atoms with Crippen LogP contribution >= 0.6 is 0 Å². The number of hydrogen-bond donors (Lipinski definition) is 1. The third-order valence-corrected chi connectivity index (χ3v) is 6.86. The molecule has 0 aromatic carbocycles. The normalized spacial score (nSPS) is 55.2. The van der Waals surface area contributed by atoms with Gasteiger partial charge in [0.15, 0.2) is 0 Å². The molecule has 18 heavy (non-hydrogen) atoms. The van der Waals surface area contributed by atoms with E-state index in [1.54, 1.807) is 0 Å². The Kier molecular flexibility index (Phi) is 2.07. The summed E-state index contributed by atoms with van der Waals surface area (Å²) < 4.78 is 5.94. The maximum absolute atomic E-state index is 11.7. The fourth-order valence-electron chi connectivity index (χ4n) is 6.37. The first-order valence-electron chi connectivity index (χ1n) is 7.55. The lowest BCUT2D eigenvalue weighted by Gasteiger charge is -2.63. The second-order valence-electron chi connectivity index (χ2n) is 7.19. The minimum atomic E-state index is -0.197. The number of fused-ring (bicyclic) bond motifs is 1. The van der Waals surface area contributed by atoms with Gasteiger partial charge in [0.25, 0.3) is 0 Å². The molecular formula is C15H23NO2. The molecule has 5 fully saturated rings. The fourth-order valence-corrected chi connectivity index (χ4v) is 6.37. The van der Waals surface area contributed by atoms with Gasteiger partial charge in [0.05, 0.1) is 6.54 Å². The lowest BCUT2D eigenvalue weighted by Crippen LogP contribution is -2.60. The summed E-state index contributed by atoms with van der Waals surface area (Å²) in [6.07, 6.45) is 7.69. The van der Waals surface area contributed by atoms with Crippen LogP contribution in [-0.2, 0) is 9.53 Å². The summed E-state index contributed by atoms with van der Waals surface area (Å²) in [5, 5.41) is 0. The van der Waals surface area contributed by atoms with Crippen LogP contribution in [0.4, 0.5) is 0 Å². The minimum absolute atomic E-state index is 0.0270. The highest BCUT2D eigenvalue weighted by molar-refractivity contribution is 5.72. The topological polar surface area (TPSA) is 52.3 Å². The Labute approximate surface area is 108 Å². The highest BCUT2D eigenvalue weighted by Crippen LogP contribution is 2.77. The van der Waals surface area contributed by atoms with Crippen LogP contribution in [0.25, 0.3) is 0 Å². The van der Waals surface area contributed by atoms with E-state index in [0.29, 0.717) is 17.3 Å². The van der Waals surface area contributed by atoms with E-state index in [-0.39, 0.29) is 18.1 Å². The van der Waals surface area contributed by atoms with Gasteiger partial charge in [-0.05, 0) is 67.6 Å². The molecule has 2 N–H and O–H groups in total. The average Bonchev–Trinajstić information content (AvgIpc) is 2.61. The Morgan fingerprint density at radius 1 is 1.28 bits per heavy atom. The molecule has 5 saturated carbocycles. The molecule has 0 amide bonds. The van der Waals surface area contributed by atoms with Crippen molar-refractivity contribution in [3.8, 4) is 0 Å². The molecule has 100 valence electrons. The van der Waals surface area contributed by atoms with Gasteiger partial charge in [-0.15, -0.1) is 0 Å². The van der Waals surface area contributed by atoms with E-state index in [9.17, 15) is 4.79 Å². The standard InChI is InChI=1S/C15H23NO2/c1-2-15(18-13(17)8-16)10-3-9-5-14(6-10)7-11(15)4-12(9)14/h9-12H,2-8,16H2,1H3. The van der Waals surface area contributed by atoms with E-state index in [1.165, 1.54) is 32.1 Å². The van der Waals surface area contributed by atoms with Gasteiger partial charge in [-0.2, -0.15) is 0 Å². The van der Waals surface area contributed by atoms with Crippen LogP contribution < -0.4 is 5.73 Å². The van der Waals surface area contributed by atoms with Gasteiger partial charge in [-0.25, -0.2) is 0 Å². The molecule has 0 aromatic rings. The molecule has 3 nitrogen and oxygen atoms in total. The van der Waals surface area contributed by atoms with Crippen molar-refractivity contribution < 1.29 is 9.53 Å². The molecule has 5 rings (SSSR count). The van der Waals surface area contributed by atoms with Gasteiger partial charge in [0, 0.05) is 0 Å². The van der Waals surface area contributed by atoms with Crippen LogP contribution in [0.5, 0.6) is 0 Å². The molecule has 5 aliphatic carbocycles. The third kappa shape index (κ3) is 1.08. The Morgan fingerprint density at radius 2 is 2.00 bits per heavy atom. The predicted octanol–water partition coefficient (Wildman–Crippen LogP) is 2.09. The summed E-state index contributed by atoms with van der Waals surface area (Å²) in [6.45, 7) is 2.22. The molecular weight excluding hydrogens is 226 g/mol. The van der Waals surface area contributed by atoms with Crippen LogP contribution in [0.1, 0.15) is 45.4 Å². The Balaban J connectivity index is 1.70. The first kappa shape index (κ1) is 11.3. The van der Waals surface area contributed by atoms with Crippen molar-refractivity contribution in [2.45, 2.75) is 51.0 Å². The molecule has 0 radical (unpaired) electrons.